The Kier molecular flexibility index (Phi) is 6.09. The second-order valence-corrected chi connectivity index (χ2v) is 8.69. The Labute approximate surface area is 174 Å². The molecule has 0 spiro atoms. The van der Waals surface area contributed by atoms with Gasteiger partial charge in [-0.15, -0.1) is 0 Å². The van der Waals surface area contributed by atoms with Gasteiger partial charge in [-0.05, 0) is 35.9 Å². The molecule has 0 saturated carbocycles. The average molecular weight is 438 g/mol. The fourth-order valence-electron chi connectivity index (χ4n) is 3.55. The third-order valence-electron chi connectivity index (χ3n) is 5.17. The van der Waals surface area contributed by atoms with E-state index in [0.717, 1.165) is 11.6 Å². The minimum Gasteiger partial charge on any atom is -0.494 e. The summed E-state index contributed by atoms with van der Waals surface area (Å²) in [6.07, 6.45) is 0. The van der Waals surface area contributed by atoms with Crippen LogP contribution in [0, 0.1) is 5.82 Å². The maximum Gasteiger partial charge on any atom is 0.240 e. The van der Waals surface area contributed by atoms with Gasteiger partial charge in [0.15, 0.2) is 23.1 Å². The lowest BCUT2D eigenvalue weighted by molar-refractivity contribution is 0.0171. The fourth-order valence-corrected chi connectivity index (χ4v) is 4.60. The van der Waals surface area contributed by atoms with Crippen LogP contribution < -0.4 is 18.9 Å². The van der Waals surface area contributed by atoms with Gasteiger partial charge in [0.05, 0.1) is 25.2 Å². The number of hydrogen-bond donors (Lipinski definition) is 1. The zero-order valence-electron chi connectivity index (χ0n) is 16.5. The maximum atomic E-state index is 14.0. The first-order valence-corrected chi connectivity index (χ1v) is 11.0. The molecule has 2 aromatic rings. The molecule has 4 rings (SSSR count). The summed E-state index contributed by atoms with van der Waals surface area (Å²) in [6.45, 7) is 2.73. The van der Waals surface area contributed by atoms with Gasteiger partial charge < -0.3 is 18.9 Å². The highest BCUT2D eigenvalue weighted by molar-refractivity contribution is 7.89. The number of methoxy groups -OCH3 is 1. The van der Waals surface area contributed by atoms with E-state index in [9.17, 15) is 12.8 Å². The van der Waals surface area contributed by atoms with Crippen LogP contribution in [-0.4, -0.2) is 60.1 Å². The molecule has 2 heterocycles. The predicted octanol–water partition coefficient (Wildman–Crippen LogP) is 1.91. The summed E-state index contributed by atoms with van der Waals surface area (Å²) in [5.41, 5.74) is 0.893. The van der Waals surface area contributed by atoms with Gasteiger partial charge in [0, 0.05) is 25.7 Å². The summed E-state index contributed by atoms with van der Waals surface area (Å²) in [5, 5.41) is 0. The average Bonchev–Trinajstić information content (AvgIpc) is 3.22. The molecular weight excluding hydrogens is 415 g/mol. The lowest BCUT2D eigenvalue weighted by atomic mass is 10.0. The maximum absolute atomic E-state index is 14.0. The summed E-state index contributed by atoms with van der Waals surface area (Å²) in [4.78, 5) is 1.99. The van der Waals surface area contributed by atoms with Crippen molar-refractivity contribution in [1.82, 2.24) is 9.62 Å². The van der Waals surface area contributed by atoms with Gasteiger partial charge in [-0.3, -0.25) is 4.90 Å². The molecule has 162 valence electrons. The van der Waals surface area contributed by atoms with Crippen molar-refractivity contribution in [1.29, 1.82) is 0 Å². The zero-order chi connectivity index (χ0) is 21.1. The van der Waals surface area contributed by atoms with Crippen molar-refractivity contribution < 1.29 is 31.8 Å². The molecule has 1 atom stereocenters. The van der Waals surface area contributed by atoms with Crippen LogP contribution in [0.15, 0.2) is 41.3 Å². The predicted molar refractivity (Wildman–Crippen MR) is 106 cm³/mol. The second-order valence-electron chi connectivity index (χ2n) is 6.93. The number of fused-ring (bicyclic) bond motifs is 1. The van der Waals surface area contributed by atoms with E-state index in [1.165, 1.54) is 19.2 Å². The minimum atomic E-state index is -3.92. The van der Waals surface area contributed by atoms with Crippen LogP contribution in [0.2, 0.25) is 0 Å². The molecule has 8 nitrogen and oxygen atoms in total. The largest absolute Gasteiger partial charge is 0.494 e. The van der Waals surface area contributed by atoms with Crippen LogP contribution in [-0.2, 0) is 14.8 Å². The van der Waals surface area contributed by atoms with Gasteiger partial charge in [0.25, 0.3) is 0 Å². The smallest absolute Gasteiger partial charge is 0.240 e. The van der Waals surface area contributed by atoms with Gasteiger partial charge in [-0.2, -0.15) is 0 Å². The molecule has 2 aromatic carbocycles. The standard InChI is InChI=1S/C20H23FN2O6S/c1-26-18-5-3-15(11-16(18)21)30(24,25)22-12-17(23-6-8-27-9-7-23)14-2-4-19-20(10-14)29-13-28-19/h2-5,10-11,17,22H,6-9,12-13H2,1H3/t17-/m1/s1. The molecule has 2 aliphatic rings. The Bertz CT molecular complexity index is 1010. The first kappa shape index (κ1) is 20.9. The van der Waals surface area contributed by atoms with Crippen molar-refractivity contribution in [2.75, 3.05) is 46.8 Å². The molecule has 0 amide bonds. The van der Waals surface area contributed by atoms with Crippen molar-refractivity contribution in [3.63, 3.8) is 0 Å². The number of nitrogens with one attached hydrogen (secondary N) is 1. The lowest BCUT2D eigenvalue weighted by Crippen LogP contribution is -2.43. The van der Waals surface area contributed by atoms with Crippen molar-refractivity contribution >= 4 is 10.0 Å². The lowest BCUT2D eigenvalue weighted by Gasteiger charge is -2.35. The van der Waals surface area contributed by atoms with E-state index in [1.807, 2.05) is 18.2 Å². The van der Waals surface area contributed by atoms with E-state index in [4.69, 9.17) is 18.9 Å². The highest BCUT2D eigenvalue weighted by Gasteiger charge is 2.27. The summed E-state index contributed by atoms with van der Waals surface area (Å²) in [5.74, 6) is 0.543. The molecule has 0 bridgehead atoms. The minimum absolute atomic E-state index is 0.0134. The summed E-state index contributed by atoms with van der Waals surface area (Å²) >= 11 is 0. The number of nitrogens with zero attached hydrogens (tertiary/aromatic N) is 1. The number of halogens is 1. The van der Waals surface area contributed by atoms with E-state index >= 15 is 0 Å². The van der Waals surface area contributed by atoms with Crippen molar-refractivity contribution in [2.24, 2.45) is 0 Å². The number of rotatable bonds is 7. The Morgan fingerprint density at radius 3 is 2.63 bits per heavy atom. The molecule has 1 fully saturated rings. The molecule has 0 aromatic heterocycles. The topological polar surface area (TPSA) is 86.3 Å². The van der Waals surface area contributed by atoms with Crippen LogP contribution in [0.25, 0.3) is 0 Å². The highest BCUT2D eigenvalue weighted by Crippen LogP contribution is 2.35. The number of hydrogen-bond acceptors (Lipinski definition) is 7. The quantitative estimate of drug-likeness (QED) is 0.707. The molecular formula is C20H23FN2O6S. The number of benzene rings is 2. The molecule has 10 heteroatoms. The SMILES string of the molecule is COc1ccc(S(=O)(=O)NC[C@H](c2ccc3c(c2)OCO3)N2CCOCC2)cc1F. The van der Waals surface area contributed by atoms with Crippen molar-refractivity contribution in [3.8, 4) is 17.2 Å². The van der Waals surface area contributed by atoms with Crippen LogP contribution in [0.1, 0.15) is 11.6 Å². The van der Waals surface area contributed by atoms with E-state index in [1.54, 1.807) is 0 Å². The highest BCUT2D eigenvalue weighted by atomic mass is 32.2. The number of ether oxygens (including phenoxy) is 4. The van der Waals surface area contributed by atoms with E-state index < -0.39 is 15.8 Å². The third-order valence-corrected chi connectivity index (χ3v) is 6.59. The van der Waals surface area contributed by atoms with Gasteiger partial charge in [-0.1, -0.05) is 6.07 Å². The Hall–Kier alpha value is -2.40. The molecule has 1 N–H and O–H groups in total. The number of morpholine rings is 1. The summed E-state index contributed by atoms with van der Waals surface area (Å²) in [6, 6.07) is 8.89. The number of sulfonamides is 1. The van der Waals surface area contributed by atoms with Crippen LogP contribution >= 0.6 is 0 Å². The summed E-state index contributed by atoms with van der Waals surface area (Å²) in [7, 11) is -2.60. The van der Waals surface area contributed by atoms with E-state index in [2.05, 4.69) is 9.62 Å². The van der Waals surface area contributed by atoms with Gasteiger partial charge >= 0.3 is 0 Å². The molecule has 30 heavy (non-hydrogen) atoms. The molecule has 2 aliphatic heterocycles. The monoisotopic (exact) mass is 438 g/mol. The van der Waals surface area contributed by atoms with Crippen LogP contribution in [0.5, 0.6) is 17.2 Å². The Morgan fingerprint density at radius 1 is 1.13 bits per heavy atom. The second kappa shape index (κ2) is 8.76. The first-order chi connectivity index (χ1) is 14.5. The molecule has 0 aliphatic carbocycles. The van der Waals surface area contributed by atoms with Crippen molar-refractivity contribution in [3.05, 3.63) is 47.8 Å². The van der Waals surface area contributed by atoms with Crippen molar-refractivity contribution in [2.45, 2.75) is 10.9 Å². The van der Waals surface area contributed by atoms with Gasteiger partial charge in [0.1, 0.15) is 0 Å². The third kappa shape index (κ3) is 4.36. The molecule has 0 radical (unpaired) electrons. The van der Waals surface area contributed by atoms with Gasteiger partial charge in [-0.25, -0.2) is 17.5 Å². The zero-order valence-corrected chi connectivity index (χ0v) is 17.3. The van der Waals surface area contributed by atoms with Gasteiger partial charge in [0.2, 0.25) is 16.8 Å². The van der Waals surface area contributed by atoms with Crippen LogP contribution in [0.3, 0.4) is 0 Å². The Balaban J connectivity index is 1.56. The summed E-state index contributed by atoms with van der Waals surface area (Å²) < 4.78 is 63.3. The fraction of sp³-hybridized carbons (Fsp3) is 0.400. The Morgan fingerprint density at radius 2 is 1.90 bits per heavy atom. The molecule has 0 unspecified atom stereocenters. The van der Waals surface area contributed by atoms with Crippen LogP contribution in [0.4, 0.5) is 4.39 Å². The first-order valence-electron chi connectivity index (χ1n) is 9.52. The van der Waals surface area contributed by atoms with E-state index in [-0.39, 0.29) is 30.0 Å². The van der Waals surface area contributed by atoms with E-state index in [0.29, 0.717) is 37.8 Å². The molecule has 1 saturated heterocycles. The normalized spacial score (nSPS) is 17.7.